The van der Waals surface area contributed by atoms with E-state index in [0.717, 1.165) is 12.3 Å². The number of nitrogens with one attached hydrogen (secondary N) is 1. The van der Waals surface area contributed by atoms with Crippen LogP contribution in [0.25, 0.3) is 0 Å². The number of benzene rings is 1. The molecule has 0 spiro atoms. The van der Waals surface area contributed by atoms with Crippen molar-refractivity contribution in [3.8, 4) is 5.75 Å². The molecule has 0 saturated heterocycles. The second kappa shape index (κ2) is 12.7. The predicted octanol–water partition coefficient (Wildman–Crippen LogP) is 0.736. The van der Waals surface area contributed by atoms with Crippen LogP contribution in [-0.4, -0.2) is 60.2 Å². The Labute approximate surface area is 173 Å². The molecular weight excluding hydrogens is 394 g/mol. The van der Waals surface area contributed by atoms with E-state index in [1.165, 1.54) is 18.0 Å². The summed E-state index contributed by atoms with van der Waals surface area (Å²) in [6, 6.07) is 11.1. The lowest BCUT2D eigenvalue weighted by Gasteiger charge is -2.12. The van der Waals surface area contributed by atoms with Gasteiger partial charge in [-0.15, -0.1) is 0 Å². The molecule has 1 amide bonds. The van der Waals surface area contributed by atoms with E-state index < -0.39 is 11.9 Å². The molecule has 10 heteroatoms. The van der Waals surface area contributed by atoms with Gasteiger partial charge in [-0.25, -0.2) is 9.59 Å². The number of aliphatic carboxylic acids is 2. The molecule has 2 rings (SSSR count). The molecule has 1 heterocycles. The van der Waals surface area contributed by atoms with E-state index in [2.05, 4.69) is 16.3 Å². The van der Waals surface area contributed by atoms with E-state index in [1.807, 2.05) is 32.3 Å². The summed E-state index contributed by atoms with van der Waals surface area (Å²) in [7, 11) is 4.05. The quantitative estimate of drug-likeness (QED) is 0.246. The minimum Gasteiger partial charge on any atom is -0.619 e. The zero-order valence-electron chi connectivity index (χ0n) is 16.8. The second-order valence-corrected chi connectivity index (χ2v) is 6.41. The number of ether oxygens (including phenoxy) is 1. The van der Waals surface area contributed by atoms with Crippen LogP contribution in [0.5, 0.6) is 5.75 Å². The molecule has 1 aromatic heterocycles. The van der Waals surface area contributed by atoms with Crippen LogP contribution in [0.4, 0.5) is 0 Å². The van der Waals surface area contributed by atoms with Gasteiger partial charge in [-0.05, 0) is 44.3 Å². The van der Waals surface area contributed by atoms with Crippen molar-refractivity contribution >= 4 is 17.8 Å². The lowest BCUT2D eigenvalue weighted by atomic mass is 10.2. The van der Waals surface area contributed by atoms with Gasteiger partial charge >= 0.3 is 11.9 Å². The molecule has 2 aromatic rings. The zero-order valence-corrected chi connectivity index (χ0v) is 16.8. The Bertz CT molecular complexity index is 844. The molecule has 1 aromatic carbocycles. The molecular formula is C20H25N3O7. The standard InChI is InChI=1S/C18H23N3O3.C2H2O4/c1-20(2)13-15-6-3-8-17(12-15)24-11-5-9-19-18(22)16-7-4-10-21(23)14-16;3-1(4)2(5)6/h3-4,6-8,10,12,14H,5,9,11,13H2,1-2H3,(H,19,22);(H,3,4)(H,5,6). The first-order chi connectivity index (χ1) is 14.2. The Hall–Kier alpha value is -3.66. The number of nitrogens with zero attached hydrogens (tertiary/aromatic N) is 2. The van der Waals surface area contributed by atoms with Crippen molar-refractivity contribution in [1.82, 2.24) is 10.2 Å². The van der Waals surface area contributed by atoms with Crippen LogP contribution in [0.3, 0.4) is 0 Å². The number of carboxylic acid groups (broad SMARTS) is 2. The van der Waals surface area contributed by atoms with Gasteiger partial charge in [0.25, 0.3) is 5.91 Å². The minimum atomic E-state index is -1.82. The number of hydrogen-bond acceptors (Lipinski definition) is 6. The number of carbonyl (C=O) groups excluding carboxylic acids is 1. The van der Waals surface area contributed by atoms with Crippen LogP contribution < -0.4 is 14.8 Å². The van der Waals surface area contributed by atoms with E-state index in [-0.39, 0.29) is 5.91 Å². The maximum atomic E-state index is 11.9. The first-order valence-electron chi connectivity index (χ1n) is 8.98. The average Bonchev–Trinajstić information content (AvgIpc) is 2.67. The van der Waals surface area contributed by atoms with Gasteiger partial charge < -0.3 is 30.4 Å². The summed E-state index contributed by atoms with van der Waals surface area (Å²) in [5, 5.41) is 28.7. The van der Waals surface area contributed by atoms with Gasteiger partial charge in [-0.1, -0.05) is 12.1 Å². The lowest BCUT2D eigenvalue weighted by Crippen LogP contribution is -2.30. The number of aromatic nitrogens is 1. The van der Waals surface area contributed by atoms with Crippen molar-refractivity contribution < 1.29 is 34.1 Å². The SMILES string of the molecule is CN(C)Cc1cccc(OCCCNC(=O)c2ccc[n+]([O-])c2)c1.O=C(O)C(=O)O. The molecule has 10 nitrogen and oxygen atoms in total. The lowest BCUT2D eigenvalue weighted by molar-refractivity contribution is -0.605. The summed E-state index contributed by atoms with van der Waals surface area (Å²) in [6.45, 7) is 1.87. The number of carbonyl (C=O) groups is 3. The van der Waals surface area contributed by atoms with Gasteiger partial charge in [0.05, 0.1) is 6.61 Å². The summed E-state index contributed by atoms with van der Waals surface area (Å²) >= 11 is 0. The number of pyridine rings is 1. The summed E-state index contributed by atoms with van der Waals surface area (Å²) in [5.74, 6) is -3.07. The smallest absolute Gasteiger partial charge is 0.414 e. The molecule has 30 heavy (non-hydrogen) atoms. The van der Waals surface area contributed by atoms with E-state index in [0.29, 0.717) is 29.9 Å². The molecule has 0 aliphatic carbocycles. The third-order valence-corrected chi connectivity index (χ3v) is 3.49. The predicted molar refractivity (Wildman–Crippen MR) is 107 cm³/mol. The normalized spacial score (nSPS) is 9.97. The fraction of sp³-hybridized carbons (Fsp3) is 0.300. The van der Waals surface area contributed by atoms with Gasteiger partial charge in [-0.2, -0.15) is 4.73 Å². The van der Waals surface area contributed by atoms with Crippen molar-refractivity contribution in [2.45, 2.75) is 13.0 Å². The third-order valence-electron chi connectivity index (χ3n) is 3.49. The summed E-state index contributed by atoms with van der Waals surface area (Å²) in [5.41, 5.74) is 1.55. The second-order valence-electron chi connectivity index (χ2n) is 6.41. The monoisotopic (exact) mass is 419 g/mol. The van der Waals surface area contributed by atoms with Gasteiger partial charge in [0.2, 0.25) is 0 Å². The number of carboxylic acids is 2. The van der Waals surface area contributed by atoms with Crippen LogP contribution in [0.1, 0.15) is 22.3 Å². The summed E-state index contributed by atoms with van der Waals surface area (Å²) in [4.78, 5) is 32.2. The Morgan fingerprint density at radius 1 is 1.13 bits per heavy atom. The Balaban J connectivity index is 0.000000656. The zero-order chi connectivity index (χ0) is 22.5. The topological polar surface area (TPSA) is 143 Å². The van der Waals surface area contributed by atoms with Crippen molar-refractivity contribution in [3.63, 3.8) is 0 Å². The highest BCUT2D eigenvalue weighted by molar-refractivity contribution is 6.27. The molecule has 0 atom stereocenters. The van der Waals surface area contributed by atoms with Crippen molar-refractivity contribution in [1.29, 1.82) is 0 Å². The number of hydrogen-bond donors (Lipinski definition) is 3. The minimum absolute atomic E-state index is 0.256. The molecule has 0 fully saturated rings. The Kier molecular flexibility index (Phi) is 10.3. The Morgan fingerprint density at radius 2 is 1.83 bits per heavy atom. The molecule has 3 N–H and O–H groups in total. The molecule has 0 saturated carbocycles. The largest absolute Gasteiger partial charge is 0.619 e. The number of amides is 1. The summed E-state index contributed by atoms with van der Waals surface area (Å²) < 4.78 is 6.32. The van der Waals surface area contributed by atoms with Gasteiger partial charge in [0, 0.05) is 19.2 Å². The van der Waals surface area contributed by atoms with E-state index in [1.54, 1.807) is 12.1 Å². The van der Waals surface area contributed by atoms with Gasteiger partial charge in [0.1, 0.15) is 11.3 Å². The third kappa shape index (κ3) is 10.0. The van der Waals surface area contributed by atoms with E-state index in [4.69, 9.17) is 24.5 Å². The average molecular weight is 419 g/mol. The van der Waals surface area contributed by atoms with Crippen molar-refractivity contribution in [3.05, 3.63) is 65.1 Å². The first kappa shape index (κ1) is 24.4. The van der Waals surface area contributed by atoms with Crippen LogP contribution >= 0.6 is 0 Å². The van der Waals surface area contributed by atoms with Gasteiger partial charge in [0.15, 0.2) is 12.4 Å². The molecule has 0 radical (unpaired) electrons. The van der Waals surface area contributed by atoms with Crippen molar-refractivity contribution in [2.75, 3.05) is 27.2 Å². The van der Waals surface area contributed by atoms with Crippen LogP contribution in [0.15, 0.2) is 48.8 Å². The van der Waals surface area contributed by atoms with Crippen molar-refractivity contribution in [2.24, 2.45) is 0 Å². The molecule has 0 aliphatic rings. The number of rotatable bonds is 8. The van der Waals surface area contributed by atoms with Crippen LogP contribution in [0, 0.1) is 5.21 Å². The molecule has 162 valence electrons. The molecule has 0 aliphatic heterocycles. The van der Waals surface area contributed by atoms with E-state index in [9.17, 15) is 10.0 Å². The molecule has 0 unspecified atom stereocenters. The molecule has 0 bridgehead atoms. The fourth-order valence-corrected chi connectivity index (χ4v) is 2.25. The first-order valence-corrected chi connectivity index (χ1v) is 8.98. The van der Waals surface area contributed by atoms with Crippen LogP contribution in [-0.2, 0) is 16.1 Å². The highest BCUT2D eigenvalue weighted by Gasteiger charge is 2.07. The van der Waals surface area contributed by atoms with E-state index >= 15 is 0 Å². The highest BCUT2D eigenvalue weighted by Crippen LogP contribution is 2.14. The van der Waals surface area contributed by atoms with Gasteiger partial charge in [-0.3, -0.25) is 4.79 Å². The van der Waals surface area contributed by atoms with Crippen LogP contribution in [0.2, 0.25) is 0 Å². The Morgan fingerprint density at radius 3 is 2.43 bits per heavy atom. The summed E-state index contributed by atoms with van der Waals surface area (Å²) in [6.07, 6.45) is 3.28. The maximum absolute atomic E-state index is 11.9. The fourth-order valence-electron chi connectivity index (χ4n) is 2.25. The maximum Gasteiger partial charge on any atom is 0.414 e. The highest BCUT2D eigenvalue weighted by atomic mass is 16.5.